The maximum absolute atomic E-state index is 13.1. The Labute approximate surface area is 146 Å². The summed E-state index contributed by atoms with van der Waals surface area (Å²) in [7, 11) is 0. The number of fused-ring (bicyclic) bond motifs is 1. The fraction of sp³-hybridized carbons (Fsp3) is 0.263. The lowest BCUT2D eigenvalue weighted by molar-refractivity contribution is -0.127. The number of nitrogens with two attached hydrogens (primary N) is 1. The third kappa shape index (κ3) is 3.74. The predicted octanol–water partition coefficient (Wildman–Crippen LogP) is 3.96. The number of benzene rings is 1. The second kappa shape index (κ2) is 7.45. The van der Waals surface area contributed by atoms with Crippen LogP contribution < -0.4 is 5.73 Å². The lowest BCUT2D eigenvalue weighted by atomic mass is 10.1. The third-order valence-corrected chi connectivity index (χ3v) is 4.74. The SMILES string of the molecule is CCCN(Cc1ccccc1)C(=O)C1=Cc2sccc2N=C(N)C1. The van der Waals surface area contributed by atoms with E-state index in [1.807, 2.05) is 52.8 Å². The summed E-state index contributed by atoms with van der Waals surface area (Å²) < 4.78 is 0. The standard InChI is InChI=1S/C19H21N3OS/c1-2-9-22(13-14-6-4-3-5-7-14)19(23)15-11-17-16(8-10-24-17)21-18(20)12-15/h3-8,10-11H,2,9,12-13H2,1H3,(H2,20,21). The smallest absolute Gasteiger partial charge is 0.250 e. The van der Waals surface area contributed by atoms with Crippen LogP contribution >= 0.6 is 11.3 Å². The maximum Gasteiger partial charge on any atom is 0.250 e. The van der Waals surface area contributed by atoms with Crippen LogP contribution in [0, 0.1) is 0 Å². The minimum Gasteiger partial charge on any atom is -0.387 e. The molecule has 0 radical (unpaired) electrons. The first-order valence-electron chi connectivity index (χ1n) is 8.11. The van der Waals surface area contributed by atoms with E-state index in [9.17, 15) is 4.79 Å². The van der Waals surface area contributed by atoms with Gasteiger partial charge in [0.15, 0.2) is 0 Å². The van der Waals surface area contributed by atoms with E-state index in [1.54, 1.807) is 11.3 Å². The average Bonchev–Trinajstić information content (AvgIpc) is 2.94. The molecule has 1 aromatic carbocycles. The number of nitrogens with zero attached hydrogens (tertiary/aromatic N) is 2. The molecule has 24 heavy (non-hydrogen) atoms. The summed E-state index contributed by atoms with van der Waals surface area (Å²) in [5.41, 5.74) is 8.70. The lowest BCUT2D eigenvalue weighted by Gasteiger charge is -2.23. The van der Waals surface area contributed by atoms with Gasteiger partial charge >= 0.3 is 0 Å². The summed E-state index contributed by atoms with van der Waals surface area (Å²) in [6.07, 6.45) is 3.26. The molecule has 0 saturated carbocycles. The summed E-state index contributed by atoms with van der Waals surface area (Å²) in [5.74, 6) is 0.531. The quantitative estimate of drug-likeness (QED) is 0.896. The molecule has 1 aliphatic rings. The summed E-state index contributed by atoms with van der Waals surface area (Å²) in [4.78, 5) is 20.4. The molecule has 4 nitrogen and oxygen atoms in total. The lowest BCUT2D eigenvalue weighted by Crippen LogP contribution is -2.33. The van der Waals surface area contributed by atoms with E-state index in [-0.39, 0.29) is 5.91 Å². The maximum atomic E-state index is 13.1. The van der Waals surface area contributed by atoms with Crippen molar-refractivity contribution in [2.24, 2.45) is 10.7 Å². The number of rotatable bonds is 5. The summed E-state index contributed by atoms with van der Waals surface area (Å²) in [6.45, 7) is 3.42. The summed E-state index contributed by atoms with van der Waals surface area (Å²) in [6, 6.07) is 12.0. The molecule has 124 valence electrons. The average molecular weight is 339 g/mol. The van der Waals surface area contributed by atoms with E-state index < -0.39 is 0 Å². The Morgan fingerprint density at radius 3 is 2.83 bits per heavy atom. The first-order valence-corrected chi connectivity index (χ1v) is 8.99. The Hall–Kier alpha value is -2.40. The fourth-order valence-electron chi connectivity index (χ4n) is 2.78. The van der Waals surface area contributed by atoms with Crippen LogP contribution in [0.3, 0.4) is 0 Å². The molecule has 2 N–H and O–H groups in total. The monoisotopic (exact) mass is 339 g/mol. The first-order chi connectivity index (χ1) is 11.7. The Morgan fingerprint density at radius 2 is 2.08 bits per heavy atom. The Kier molecular flexibility index (Phi) is 5.11. The van der Waals surface area contributed by atoms with Gasteiger partial charge in [-0.2, -0.15) is 0 Å². The van der Waals surface area contributed by atoms with Crippen LogP contribution in [0.15, 0.2) is 52.3 Å². The molecule has 0 bridgehead atoms. The number of carbonyl (C=O) groups is 1. The van der Waals surface area contributed by atoms with Gasteiger partial charge in [0.25, 0.3) is 5.91 Å². The largest absolute Gasteiger partial charge is 0.387 e. The molecular weight excluding hydrogens is 318 g/mol. The van der Waals surface area contributed by atoms with Crippen molar-refractivity contribution in [3.8, 4) is 0 Å². The van der Waals surface area contributed by atoms with Gasteiger partial charge in [-0.3, -0.25) is 4.79 Å². The predicted molar refractivity (Wildman–Crippen MR) is 100 cm³/mol. The van der Waals surface area contributed by atoms with Gasteiger partial charge in [-0.1, -0.05) is 37.3 Å². The van der Waals surface area contributed by atoms with Crippen LogP contribution in [-0.2, 0) is 11.3 Å². The van der Waals surface area contributed by atoms with E-state index in [0.717, 1.165) is 29.1 Å². The fourth-order valence-corrected chi connectivity index (χ4v) is 3.57. The van der Waals surface area contributed by atoms with Crippen LogP contribution in [0.25, 0.3) is 6.08 Å². The Balaban J connectivity index is 1.86. The third-order valence-electron chi connectivity index (χ3n) is 3.89. The molecule has 0 atom stereocenters. The number of amides is 1. The molecular formula is C19H21N3OS. The topological polar surface area (TPSA) is 58.7 Å². The molecule has 2 heterocycles. The minimum atomic E-state index is 0.0418. The number of carbonyl (C=O) groups excluding carboxylic acids is 1. The van der Waals surface area contributed by atoms with Crippen molar-refractivity contribution in [2.45, 2.75) is 26.3 Å². The van der Waals surface area contributed by atoms with Gasteiger partial charge in [0.1, 0.15) is 5.84 Å². The van der Waals surface area contributed by atoms with Gasteiger partial charge in [-0.15, -0.1) is 11.3 Å². The molecule has 0 saturated heterocycles. The number of hydrogen-bond acceptors (Lipinski definition) is 4. The van der Waals surface area contributed by atoms with Crippen molar-refractivity contribution in [3.63, 3.8) is 0 Å². The molecule has 0 spiro atoms. The second-order valence-electron chi connectivity index (χ2n) is 5.83. The molecule has 1 aromatic heterocycles. The second-order valence-corrected chi connectivity index (χ2v) is 6.78. The zero-order valence-corrected chi connectivity index (χ0v) is 14.6. The van der Waals surface area contributed by atoms with Crippen molar-refractivity contribution in [2.75, 3.05) is 6.54 Å². The molecule has 1 amide bonds. The zero-order valence-electron chi connectivity index (χ0n) is 13.7. The highest BCUT2D eigenvalue weighted by molar-refractivity contribution is 7.11. The van der Waals surface area contributed by atoms with Gasteiger partial charge in [0, 0.05) is 25.1 Å². The molecule has 2 aromatic rings. The van der Waals surface area contributed by atoms with Crippen LogP contribution in [-0.4, -0.2) is 23.2 Å². The normalized spacial score (nSPS) is 13.5. The number of thiophene rings is 1. The van der Waals surface area contributed by atoms with Crippen LogP contribution in [0.2, 0.25) is 0 Å². The van der Waals surface area contributed by atoms with Crippen molar-refractivity contribution < 1.29 is 4.79 Å². The highest BCUT2D eigenvalue weighted by atomic mass is 32.1. The van der Waals surface area contributed by atoms with Crippen molar-refractivity contribution in [1.82, 2.24) is 4.90 Å². The highest BCUT2D eigenvalue weighted by Crippen LogP contribution is 2.31. The highest BCUT2D eigenvalue weighted by Gasteiger charge is 2.21. The van der Waals surface area contributed by atoms with Crippen molar-refractivity contribution in [3.05, 3.63) is 57.8 Å². The first kappa shape index (κ1) is 16.5. The van der Waals surface area contributed by atoms with Crippen LogP contribution in [0.5, 0.6) is 0 Å². The number of amidine groups is 1. The van der Waals surface area contributed by atoms with Crippen LogP contribution in [0.1, 0.15) is 30.2 Å². The van der Waals surface area contributed by atoms with Gasteiger partial charge in [0.05, 0.1) is 10.6 Å². The minimum absolute atomic E-state index is 0.0418. The Morgan fingerprint density at radius 1 is 1.29 bits per heavy atom. The summed E-state index contributed by atoms with van der Waals surface area (Å²) >= 11 is 1.58. The van der Waals surface area contributed by atoms with E-state index in [1.165, 1.54) is 0 Å². The van der Waals surface area contributed by atoms with E-state index in [4.69, 9.17) is 5.73 Å². The van der Waals surface area contributed by atoms with E-state index in [2.05, 4.69) is 11.9 Å². The van der Waals surface area contributed by atoms with Gasteiger partial charge < -0.3 is 10.6 Å². The zero-order chi connectivity index (χ0) is 16.9. The van der Waals surface area contributed by atoms with Gasteiger partial charge in [0.2, 0.25) is 0 Å². The summed E-state index contributed by atoms with van der Waals surface area (Å²) in [5, 5.41) is 1.97. The van der Waals surface area contributed by atoms with E-state index in [0.29, 0.717) is 24.4 Å². The van der Waals surface area contributed by atoms with Gasteiger partial charge in [-0.25, -0.2) is 4.99 Å². The van der Waals surface area contributed by atoms with Crippen molar-refractivity contribution in [1.29, 1.82) is 0 Å². The van der Waals surface area contributed by atoms with Crippen molar-refractivity contribution >= 4 is 34.8 Å². The molecule has 0 fully saturated rings. The molecule has 0 unspecified atom stereocenters. The number of aliphatic imine (C=N–C) groups is 1. The molecule has 1 aliphatic heterocycles. The van der Waals surface area contributed by atoms with Gasteiger partial charge in [-0.05, 0) is 29.5 Å². The molecule has 0 aliphatic carbocycles. The number of hydrogen-bond donors (Lipinski definition) is 1. The van der Waals surface area contributed by atoms with Crippen LogP contribution in [0.4, 0.5) is 5.69 Å². The molecule has 3 rings (SSSR count). The van der Waals surface area contributed by atoms with E-state index >= 15 is 0 Å². The Bertz CT molecular complexity index is 777. The molecule has 5 heteroatoms.